The third kappa shape index (κ3) is 3.07. The number of benzene rings is 2. The standard InChI is InChI=1S/C16H15FN2O/c1-19(11-12-3-6-15(20-2)7-4-12)16-8-5-14(17)9-13(16)10-18/h3-9H,11H2,1-2H3. The van der Waals surface area contributed by atoms with Gasteiger partial charge in [0.05, 0.1) is 18.4 Å². The van der Waals surface area contributed by atoms with E-state index in [0.29, 0.717) is 17.8 Å². The zero-order valence-electron chi connectivity index (χ0n) is 11.4. The number of rotatable bonds is 4. The molecule has 0 atom stereocenters. The zero-order chi connectivity index (χ0) is 14.5. The molecule has 3 nitrogen and oxygen atoms in total. The van der Waals surface area contributed by atoms with Gasteiger partial charge in [-0.15, -0.1) is 0 Å². The lowest BCUT2D eigenvalue weighted by Crippen LogP contribution is -2.17. The molecule has 0 aliphatic carbocycles. The summed E-state index contributed by atoms with van der Waals surface area (Å²) >= 11 is 0. The molecular weight excluding hydrogens is 255 g/mol. The molecule has 0 saturated heterocycles. The fraction of sp³-hybridized carbons (Fsp3) is 0.188. The van der Waals surface area contributed by atoms with Crippen molar-refractivity contribution in [3.63, 3.8) is 0 Å². The van der Waals surface area contributed by atoms with Crippen LogP contribution in [0, 0.1) is 17.1 Å². The quantitative estimate of drug-likeness (QED) is 0.855. The van der Waals surface area contributed by atoms with E-state index in [9.17, 15) is 4.39 Å². The maximum absolute atomic E-state index is 13.1. The molecule has 2 rings (SSSR count). The fourth-order valence-electron chi connectivity index (χ4n) is 2.02. The van der Waals surface area contributed by atoms with Crippen LogP contribution in [-0.2, 0) is 6.54 Å². The van der Waals surface area contributed by atoms with Crippen LogP contribution in [0.4, 0.5) is 10.1 Å². The highest BCUT2D eigenvalue weighted by molar-refractivity contribution is 5.59. The molecule has 20 heavy (non-hydrogen) atoms. The minimum Gasteiger partial charge on any atom is -0.497 e. The van der Waals surface area contributed by atoms with E-state index in [-0.39, 0.29) is 0 Å². The summed E-state index contributed by atoms with van der Waals surface area (Å²) < 4.78 is 18.2. The summed E-state index contributed by atoms with van der Waals surface area (Å²) in [5, 5.41) is 9.07. The zero-order valence-corrected chi connectivity index (χ0v) is 11.4. The first-order valence-corrected chi connectivity index (χ1v) is 6.17. The van der Waals surface area contributed by atoms with Crippen molar-refractivity contribution in [2.24, 2.45) is 0 Å². The fourth-order valence-corrected chi connectivity index (χ4v) is 2.02. The predicted molar refractivity (Wildman–Crippen MR) is 76.2 cm³/mol. The maximum Gasteiger partial charge on any atom is 0.124 e. The first-order chi connectivity index (χ1) is 9.63. The van der Waals surface area contributed by atoms with Gasteiger partial charge in [-0.05, 0) is 35.9 Å². The Hall–Kier alpha value is -2.54. The number of anilines is 1. The van der Waals surface area contributed by atoms with Crippen molar-refractivity contribution in [2.45, 2.75) is 6.54 Å². The Bertz CT molecular complexity index is 632. The highest BCUT2D eigenvalue weighted by Crippen LogP contribution is 2.22. The monoisotopic (exact) mass is 270 g/mol. The minimum absolute atomic E-state index is 0.334. The molecule has 0 aromatic heterocycles. The van der Waals surface area contributed by atoms with Crippen LogP contribution in [0.3, 0.4) is 0 Å². The van der Waals surface area contributed by atoms with Crippen LogP contribution in [0.2, 0.25) is 0 Å². The number of methoxy groups -OCH3 is 1. The van der Waals surface area contributed by atoms with Gasteiger partial charge in [0.15, 0.2) is 0 Å². The normalized spacial score (nSPS) is 9.90. The molecule has 0 N–H and O–H groups in total. The van der Waals surface area contributed by atoms with Crippen molar-refractivity contribution >= 4 is 5.69 Å². The molecule has 0 radical (unpaired) electrons. The van der Waals surface area contributed by atoms with Gasteiger partial charge in [0.1, 0.15) is 17.6 Å². The number of ether oxygens (including phenoxy) is 1. The number of halogens is 1. The maximum atomic E-state index is 13.1. The molecule has 0 amide bonds. The highest BCUT2D eigenvalue weighted by Gasteiger charge is 2.09. The van der Waals surface area contributed by atoms with Crippen molar-refractivity contribution in [3.8, 4) is 11.8 Å². The second-order valence-corrected chi connectivity index (χ2v) is 4.48. The first kappa shape index (κ1) is 13.9. The van der Waals surface area contributed by atoms with Crippen molar-refractivity contribution < 1.29 is 9.13 Å². The van der Waals surface area contributed by atoms with Crippen molar-refractivity contribution in [3.05, 3.63) is 59.4 Å². The SMILES string of the molecule is COc1ccc(CN(C)c2ccc(F)cc2C#N)cc1. The summed E-state index contributed by atoms with van der Waals surface area (Å²) in [5.41, 5.74) is 2.13. The van der Waals surface area contributed by atoms with E-state index < -0.39 is 5.82 Å². The van der Waals surface area contributed by atoms with E-state index in [1.54, 1.807) is 13.2 Å². The molecule has 0 fully saturated rings. The van der Waals surface area contributed by atoms with Gasteiger partial charge < -0.3 is 9.64 Å². The van der Waals surface area contributed by atoms with Gasteiger partial charge in [0.2, 0.25) is 0 Å². The van der Waals surface area contributed by atoms with E-state index in [1.807, 2.05) is 42.3 Å². The van der Waals surface area contributed by atoms with Crippen LogP contribution < -0.4 is 9.64 Å². The number of hydrogen-bond acceptors (Lipinski definition) is 3. The molecule has 0 saturated carbocycles. The lowest BCUT2D eigenvalue weighted by Gasteiger charge is -2.20. The predicted octanol–water partition coefficient (Wildman–Crippen LogP) is 3.34. The van der Waals surface area contributed by atoms with Crippen molar-refractivity contribution in [1.29, 1.82) is 5.26 Å². The molecule has 0 bridgehead atoms. The van der Waals surface area contributed by atoms with Crippen LogP contribution in [-0.4, -0.2) is 14.2 Å². The Labute approximate surface area is 117 Å². The summed E-state index contributed by atoms with van der Waals surface area (Å²) in [4.78, 5) is 1.92. The molecule has 4 heteroatoms. The van der Waals surface area contributed by atoms with Crippen LogP contribution in [0.5, 0.6) is 5.75 Å². The Morgan fingerprint density at radius 3 is 2.50 bits per heavy atom. The van der Waals surface area contributed by atoms with Gasteiger partial charge in [0.25, 0.3) is 0 Å². The average molecular weight is 270 g/mol. The summed E-state index contributed by atoms with van der Waals surface area (Å²) in [7, 11) is 3.50. The van der Waals surface area contributed by atoms with E-state index in [1.165, 1.54) is 12.1 Å². The lowest BCUT2D eigenvalue weighted by atomic mass is 10.1. The molecular formula is C16H15FN2O. The third-order valence-electron chi connectivity index (χ3n) is 3.07. The molecule has 0 heterocycles. The van der Waals surface area contributed by atoms with Gasteiger partial charge in [-0.2, -0.15) is 5.26 Å². The summed E-state index contributed by atoms with van der Waals surface area (Å²) in [6, 6.07) is 14.0. The van der Waals surface area contributed by atoms with Crippen LogP contribution >= 0.6 is 0 Å². The van der Waals surface area contributed by atoms with Gasteiger partial charge in [0, 0.05) is 13.6 Å². The Balaban J connectivity index is 2.19. The van der Waals surface area contributed by atoms with Crippen molar-refractivity contribution in [2.75, 3.05) is 19.1 Å². The summed E-state index contributed by atoms with van der Waals surface area (Å²) in [6.07, 6.45) is 0. The van der Waals surface area contributed by atoms with Gasteiger partial charge in [-0.25, -0.2) is 4.39 Å². The number of nitriles is 1. The van der Waals surface area contributed by atoms with Crippen LogP contribution in [0.25, 0.3) is 0 Å². The topological polar surface area (TPSA) is 36.3 Å². The Morgan fingerprint density at radius 1 is 1.20 bits per heavy atom. The molecule has 0 aliphatic rings. The van der Waals surface area contributed by atoms with Crippen LogP contribution in [0.1, 0.15) is 11.1 Å². The largest absolute Gasteiger partial charge is 0.497 e. The number of nitrogens with zero attached hydrogens (tertiary/aromatic N) is 2. The van der Waals surface area contributed by atoms with Gasteiger partial charge in [-0.3, -0.25) is 0 Å². The summed E-state index contributed by atoms with van der Waals surface area (Å²) in [5.74, 6) is 0.402. The molecule has 2 aromatic carbocycles. The Morgan fingerprint density at radius 2 is 1.90 bits per heavy atom. The lowest BCUT2D eigenvalue weighted by molar-refractivity contribution is 0.414. The second-order valence-electron chi connectivity index (χ2n) is 4.48. The minimum atomic E-state index is -0.400. The molecule has 102 valence electrons. The molecule has 0 unspecified atom stereocenters. The molecule has 2 aromatic rings. The van der Waals surface area contributed by atoms with Gasteiger partial charge >= 0.3 is 0 Å². The summed E-state index contributed by atoms with van der Waals surface area (Å²) in [6.45, 7) is 0.629. The highest BCUT2D eigenvalue weighted by atomic mass is 19.1. The molecule has 0 aliphatic heterocycles. The van der Waals surface area contributed by atoms with E-state index in [4.69, 9.17) is 10.00 Å². The number of hydrogen-bond donors (Lipinski definition) is 0. The third-order valence-corrected chi connectivity index (χ3v) is 3.07. The first-order valence-electron chi connectivity index (χ1n) is 6.17. The van der Waals surface area contributed by atoms with Crippen molar-refractivity contribution in [1.82, 2.24) is 0 Å². The van der Waals surface area contributed by atoms with E-state index in [0.717, 1.165) is 11.3 Å². The smallest absolute Gasteiger partial charge is 0.124 e. The Kier molecular flexibility index (Phi) is 4.21. The van der Waals surface area contributed by atoms with Gasteiger partial charge in [-0.1, -0.05) is 12.1 Å². The van der Waals surface area contributed by atoms with E-state index >= 15 is 0 Å². The average Bonchev–Trinajstić information content (AvgIpc) is 2.47. The molecule has 0 spiro atoms. The van der Waals surface area contributed by atoms with E-state index in [2.05, 4.69) is 0 Å². The second kappa shape index (κ2) is 6.07. The van der Waals surface area contributed by atoms with Crippen LogP contribution in [0.15, 0.2) is 42.5 Å².